The third-order valence-electron chi connectivity index (χ3n) is 0.890. The maximum atomic E-state index is 8.23. The van der Waals surface area contributed by atoms with Gasteiger partial charge in [0.25, 0.3) is 0 Å². The Hall–Kier alpha value is -0.590. The Labute approximate surface area is 41.1 Å². The molecule has 0 aromatic rings. The molecule has 0 unspecified atom stereocenters. The van der Waals surface area contributed by atoms with Crippen LogP contribution >= 0.6 is 0 Å². The summed E-state index contributed by atoms with van der Waals surface area (Å²) in [5.74, 6) is 0. The summed E-state index contributed by atoms with van der Waals surface area (Å²) in [6.07, 6.45) is -0.519. The minimum Gasteiger partial charge on any atom is -0.394 e. The molecule has 3 nitrogen and oxygen atoms in total. The molecule has 38 valence electrons. The van der Waals surface area contributed by atoms with Gasteiger partial charge in [-0.1, -0.05) is 0 Å². The van der Waals surface area contributed by atoms with Gasteiger partial charge in [0.1, 0.15) is 6.10 Å². The van der Waals surface area contributed by atoms with Crippen LogP contribution in [-0.2, 0) is 4.74 Å². The van der Waals surface area contributed by atoms with Crippen LogP contribution in [0, 0.1) is 11.3 Å². The standard InChI is InChI=1S/C4H5NO2/c5-1-3-4(2-6)7-3/h3-4,6H,2H2/t3-,4+/m1/s1. The number of nitrogens with zero attached hydrogens (tertiary/aromatic N) is 1. The van der Waals surface area contributed by atoms with E-state index in [9.17, 15) is 0 Å². The van der Waals surface area contributed by atoms with Crippen molar-refractivity contribution in [3.63, 3.8) is 0 Å². The van der Waals surface area contributed by atoms with Gasteiger partial charge in [0, 0.05) is 0 Å². The van der Waals surface area contributed by atoms with Gasteiger partial charge in [0.2, 0.25) is 0 Å². The average molecular weight is 99.1 g/mol. The Bertz CT molecular complexity index is 107. The van der Waals surface area contributed by atoms with E-state index >= 15 is 0 Å². The SMILES string of the molecule is N#C[C@H]1O[C@H]1CO. The number of aliphatic hydroxyl groups excluding tert-OH is 1. The maximum absolute atomic E-state index is 8.23. The minimum absolute atomic E-state index is 0.0295. The first-order chi connectivity index (χ1) is 3.38. The van der Waals surface area contributed by atoms with Gasteiger partial charge in [-0.2, -0.15) is 5.26 Å². The third-order valence-corrected chi connectivity index (χ3v) is 0.890. The van der Waals surface area contributed by atoms with Crippen LogP contribution < -0.4 is 0 Å². The van der Waals surface area contributed by atoms with E-state index in [1.807, 2.05) is 6.07 Å². The zero-order valence-electron chi connectivity index (χ0n) is 3.66. The summed E-state index contributed by atoms with van der Waals surface area (Å²) < 4.78 is 4.60. The molecule has 7 heavy (non-hydrogen) atoms. The smallest absolute Gasteiger partial charge is 0.172 e. The van der Waals surface area contributed by atoms with E-state index in [-0.39, 0.29) is 18.8 Å². The second-order valence-electron chi connectivity index (χ2n) is 1.41. The number of nitriles is 1. The van der Waals surface area contributed by atoms with Crippen molar-refractivity contribution in [2.45, 2.75) is 12.2 Å². The lowest BCUT2D eigenvalue weighted by Crippen LogP contribution is -1.95. The van der Waals surface area contributed by atoms with Gasteiger partial charge >= 0.3 is 0 Å². The van der Waals surface area contributed by atoms with E-state index in [1.54, 1.807) is 0 Å². The summed E-state index contributed by atoms with van der Waals surface area (Å²) in [5, 5.41) is 16.3. The second-order valence-corrected chi connectivity index (χ2v) is 1.41. The number of ether oxygens (including phenoxy) is 1. The quantitative estimate of drug-likeness (QED) is 0.441. The predicted octanol–water partition coefficient (Wildman–Crippen LogP) is -0.730. The zero-order valence-corrected chi connectivity index (χ0v) is 3.66. The van der Waals surface area contributed by atoms with Gasteiger partial charge in [-0.15, -0.1) is 0 Å². The summed E-state index contributed by atoms with van der Waals surface area (Å²) in [7, 11) is 0. The molecule has 1 aliphatic rings. The van der Waals surface area contributed by atoms with Crippen LogP contribution in [0.1, 0.15) is 0 Å². The molecule has 1 heterocycles. The van der Waals surface area contributed by atoms with E-state index in [0.717, 1.165) is 0 Å². The maximum Gasteiger partial charge on any atom is 0.172 e. The molecule has 0 saturated carbocycles. The molecular formula is C4H5NO2. The molecule has 2 atom stereocenters. The lowest BCUT2D eigenvalue weighted by atomic mass is 10.4. The first-order valence-electron chi connectivity index (χ1n) is 2.04. The Morgan fingerprint density at radius 1 is 1.86 bits per heavy atom. The number of rotatable bonds is 1. The normalized spacial score (nSPS) is 37.1. The Morgan fingerprint density at radius 2 is 2.57 bits per heavy atom. The molecule has 0 aromatic heterocycles. The molecule has 1 N–H and O–H groups in total. The van der Waals surface area contributed by atoms with Crippen LogP contribution in [0.15, 0.2) is 0 Å². The summed E-state index contributed by atoms with van der Waals surface area (Å²) in [5.41, 5.74) is 0. The van der Waals surface area contributed by atoms with Crippen LogP contribution in [0.3, 0.4) is 0 Å². The second kappa shape index (κ2) is 1.49. The molecule has 0 spiro atoms. The van der Waals surface area contributed by atoms with Crippen molar-refractivity contribution >= 4 is 0 Å². The van der Waals surface area contributed by atoms with Crippen LogP contribution in [0.2, 0.25) is 0 Å². The van der Waals surface area contributed by atoms with E-state index in [2.05, 4.69) is 4.74 Å². The van der Waals surface area contributed by atoms with Crippen molar-refractivity contribution in [2.24, 2.45) is 0 Å². The van der Waals surface area contributed by atoms with Crippen molar-refractivity contribution in [3.05, 3.63) is 0 Å². The average Bonchev–Trinajstić information content (AvgIpc) is 2.43. The molecule has 0 aliphatic carbocycles. The Balaban J connectivity index is 2.21. The molecule has 0 amide bonds. The van der Waals surface area contributed by atoms with E-state index in [4.69, 9.17) is 10.4 Å². The summed E-state index contributed by atoms with van der Waals surface area (Å²) >= 11 is 0. The molecule has 0 radical (unpaired) electrons. The Morgan fingerprint density at radius 3 is 2.71 bits per heavy atom. The first kappa shape index (κ1) is 4.57. The van der Waals surface area contributed by atoms with Crippen LogP contribution in [0.25, 0.3) is 0 Å². The lowest BCUT2D eigenvalue weighted by Gasteiger charge is -1.71. The van der Waals surface area contributed by atoms with E-state index in [1.165, 1.54) is 0 Å². The molecule has 1 saturated heterocycles. The molecule has 3 heteroatoms. The summed E-state index contributed by atoms with van der Waals surface area (Å²) in [6, 6.07) is 1.86. The predicted molar refractivity (Wildman–Crippen MR) is 21.4 cm³/mol. The van der Waals surface area contributed by atoms with Gasteiger partial charge in [0.05, 0.1) is 12.7 Å². The van der Waals surface area contributed by atoms with Gasteiger partial charge in [-0.3, -0.25) is 0 Å². The fourth-order valence-corrected chi connectivity index (χ4v) is 0.395. The van der Waals surface area contributed by atoms with Gasteiger partial charge in [0.15, 0.2) is 6.10 Å². The monoisotopic (exact) mass is 99.0 g/mol. The Kier molecular flexibility index (Phi) is 0.970. The van der Waals surface area contributed by atoms with Crippen LogP contribution in [0.5, 0.6) is 0 Å². The molecule has 1 aliphatic heterocycles. The highest BCUT2D eigenvalue weighted by molar-refractivity contribution is 5.01. The van der Waals surface area contributed by atoms with Crippen molar-refractivity contribution in [1.82, 2.24) is 0 Å². The van der Waals surface area contributed by atoms with Gasteiger partial charge < -0.3 is 9.84 Å². The van der Waals surface area contributed by atoms with E-state index < -0.39 is 0 Å². The number of hydrogen-bond acceptors (Lipinski definition) is 3. The lowest BCUT2D eigenvalue weighted by molar-refractivity contribution is 0.243. The molecular weight excluding hydrogens is 94.0 g/mol. The summed E-state index contributed by atoms with van der Waals surface area (Å²) in [4.78, 5) is 0. The highest BCUT2D eigenvalue weighted by atomic mass is 16.6. The topological polar surface area (TPSA) is 56.5 Å². The molecule has 1 fully saturated rings. The fourth-order valence-electron chi connectivity index (χ4n) is 0.395. The largest absolute Gasteiger partial charge is 0.394 e. The highest BCUT2D eigenvalue weighted by Gasteiger charge is 2.37. The summed E-state index contributed by atoms with van der Waals surface area (Å²) in [6.45, 7) is -0.0295. The highest BCUT2D eigenvalue weighted by Crippen LogP contribution is 2.18. The van der Waals surface area contributed by atoms with Crippen molar-refractivity contribution in [3.8, 4) is 6.07 Å². The van der Waals surface area contributed by atoms with Crippen LogP contribution in [0.4, 0.5) is 0 Å². The fraction of sp³-hybridized carbons (Fsp3) is 0.750. The minimum atomic E-state index is -0.329. The van der Waals surface area contributed by atoms with Crippen molar-refractivity contribution < 1.29 is 9.84 Å². The van der Waals surface area contributed by atoms with Crippen molar-refractivity contribution in [1.29, 1.82) is 5.26 Å². The van der Waals surface area contributed by atoms with Crippen LogP contribution in [-0.4, -0.2) is 23.9 Å². The van der Waals surface area contributed by atoms with E-state index in [0.29, 0.717) is 0 Å². The molecule has 1 rings (SSSR count). The molecule has 0 bridgehead atoms. The number of aliphatic hydroxyl groups is 1. The zero-order chi connectivity index (χ0) is 5.28. The number of hydrogen-bond donors (Lipinski definition) is 1. The molecule has 0 aromatic carbocycles. The first-order valence-corrected chi connectivity index (χ1v) is 2.04. The van der Waals surface area contributed by atoms with Crippen molar-refractivity contribution in [2.75, 3.05) is 6.61 Å². The number of epoxide rings is 1. The van der Waals surface area contributed by atoms with Gasteiger partial charge in [-0.05, 0) is 0 Å². The van der Waals surface area contributed by atoms with Gasteiger partial charge in [-0.25, -0.2) is 0 Å². The third kappa shape index (κ3) is 0.710.